The van der Waals surface area contributed by atoms with Crippen molar-refractivity contribution in [3.8, 4) is 0 Å². The minimum Gasteiger partial charge on any atom is -0.395 e. The first-order valence-corrected chi connectivity index (χ1v) is 6.97. The molecule has 0 amide bonds. The quantitative estimate of drug-likeness (QED) is 0.720. The van der Waals surface area contributed by atoms with Gasteiger partial charge in [0.2, 0.25) is 0 Å². The molecule has 1 aromatic carbocycles. The van der Waals surface area contributed by atoms with Gasteiger partial charge >= 0.3 is 0 Å². The lowest BCUT2D eigenvalue weighted by atomic mass is 10.0. The number of hydrogen-bond acceptors (Lipinski definition) is 3. The minimum absolute atomic E-state index is 0.147. The zero-order chi connectivity index (χ0) is 14.1. The maximum Gasteiger partial charge on any atom is 0.123 e. The van der Waals surface area contributed by atoms with Crippen LogP contribution in [0.15, 0.2) is 24.3 Å². The minimum atomic E-state index is -0.196. The molecule has 0 spiro atoms. The van der Waals surface area contributed by atoms with Gasteiger partial charge < -0.3 is 15.3 Å². The third-order valence-electron chi connectivity index (χ3n) is 3.29. The maximum atomic E-state index is 13.2. The van der Waals surface area contributed by atoms with E-state index in [0.29, 0.717) is 6.54 Å². The van der Waals surface area contributed by atoms with Crippen LogP contribution in [-0.2, 0) is 0 Å². The molecule has 0 aromatic heterocycles. The third kappa shape index (κ3) is 5.68. The monoisotopic (exact) mass is 268 g/mol. The highest BCUT2D eigenvalue weighted by Gasteiger charge is 2.12. The van der Waals surface area contributed by atoms with E-state index in [1.807, 2.05) is 13.1 Å². The number of benzene rings is 1. The molecule has 0 aliphatic heterocycles. The summed E-state index contributed by atoms with van der Waals surface area (Å²) in [5.74, 6) is -0.196. The fourth-order valence-electron chi connectivity index (χ4n) is 2.31. The Bertz CT molecular complexity index is 354. The summed E-state index contributed by atoms with van der Waals surface area (Å²) in [6.07, 6.45) is 1.98. The summed E-state index contributed by atoms with van der Waals surface area (Å²) in [4.78, 5) is 2.24. The van der Waals surface area contributed by atoms with Crippen LogP contribution in [0, 0.1) is 5.82 Å². The van der Waals surface area contributed by atoms with Crippen molar-refractivity contribution in [2.45, 2.75) is 25.8 Å². The van der Waals surface area contributed by atoms with Crippen molar-refractivity contribution in [3.63, 3.8) is 0 Å². The summed E-state index contributed by atoms with van der Waals surface area (Å²) in [5.41, 5.74) is 0.975. The summed E-state index contributed by atoms with van der Waals surface area (Å²) in [6, 6.07) is 6.88. The normalized spacial score (nSPS) is 12.9. The number of nitrogens with zero attached hydrogens (tertiary/aromatic N) is 1. The van der Waals surface area contributed by atoms with Gasteiger partial charge in [0.15, 0.2) is 0 Å². The molecule has 3 nitrogen and oxygen atoms in total. The van der Waals surface area contributed by atoms with Crippen molar-refractivity contribution >= 4 is 0 Å². The van der Waals surface area contributed by atoms with Gasteiger partial charge in [-0.15, -0.1) is 0 Å². The van der Waals surface area contributed by atoms with Gasteiger partial charge in [0.25, 0.3) is 0 Å². The van der Waals surface area contributed by atoms with Gasteiger partial charge in [-0.1, -0.05) is 19.1 Å². The lowest BCUT2D eigenvalue weighted by Gasteiger charge is -2.24. The van der Waals surface area contributed by atoms with Gasteiger partial charge in [0, 0.05) is 19.1 Å². The van der Waals surface area contributed by atoms with Crippen LogP contribution in [0.5, 0.6) is 0 Å². The fourth-order valence-corrected chi connectivity index (χ4v) is 2.31. The van der Waals surface area contributed by atoms with Crippen LogP contribution in [0.25, 0.3) is 0 Å². The number of aliphatic hydroxyl groups is 1. The van der Waals surface area contributed by atoms with Crippen LogP contribution < -0.4 is 5.32 Å². The Hall–Kier alpha value is -0.970. The molecule has 0 radical (unpaired) electrons. The molecule has 1 atom stereocenters. The van der Waals surface area contributed by atoms with Gasteiger partial charge in [-0.25, -0.2) is 4.39 Å². The van der Waals surface area contributed by atoms with E-state index in [9.17, 15) is 4.39 Å². The second-order valence-electron chi connectivity index (χ2n) is 4.75. The summed E-state index contributed by atoms with van der Waals surface area (Å²) >= 11 is 0. The molecule has 0 saturated carbocycles. The number of nitrogens with one attached hydrogen (secondary N) is 1. The molecule has 0 aliphatic rings. The van der Waals surface area contributed by atoms with E-state index < -0.39 is 0 Å². The van der Waals surface area contributed by atoms with Crippen LogP contribution in [0.4, 0.5) is 4.39 Å². The van der Waals surface area contributed by atoms with Gasteiger partial charge in [-0.2, -0.15) is 0 Å². The van der Waals surface area contributed by atoms with E-state index >= 15 is 0 Å². The second kappa shape index (κ2) is 9.02. The molecule has 19 heavy (non-hydrogen) atoms. The lowest BCUT2D eigenvalue weighted by molar-refractivity contribution is 0.190. The predicted molar refractivity (Wildman–Crippen MR) is 76.6 cm³/mol. The van der Waals surface area contributed by atoms with Crippen LogP contribution in [0.3, 0.4) is 0 Å². The average molecular weight is 268 g/mol. The Morgan fingerprint density at radius 3 is 2.68 bits per heavy atom. The Morgan fingerprint density at radius 2 is 2.11 bits per heavy atom. The van der Waals surface area contributed by atoms with Crippen LogP contribution in [0.1, 0.15) is 31.4 Å². The van der Waals surface area contributed by atoms with E-state index in [0.717, 1.165) is 31.5 Å². The standard InChI is InChI=1S/C15H25FN2O/c1-3-8-18(10-11-19)9-7-15(17-2)13-5-4-6-14(16)12-13/h4-6,12,15,17,19H,3,7-11H2,1-2H3. The van der Waals surface area contributed by atoms with Crippen molar-refractivity contribution in [2.24, 2.45) is 0 Å². The van der Waals surface area contributed by atoms with Crippen molar-refractivity contribution in [1.29, 1.82) is 0 Å². The predicted octanol–water partition coefficient (Wildman–Crippen LogP) is 2.18. The van der Waals surface area contributed by atoms with Gasteiger partial charge in [-0.3, -0.25) is 0 Å². The van der Waals surface area contributed by atoms with Gasteiger partial charge in [0.1, 0.15) is 5.82 Å². The molecular weight excluding hydrogens is 243 g/mol. The van der Waals surface area contributed by atoms with Crippen LogP contribution in [0.2, 0.25) is 0 Å². The fraction of sp³-hybridized carbons (Fsp3) is 0.600. The highest BCUT2D eigenvalue weighted by Crippen LogP contribution is 2.17. The summed E-state index contributed by atoms with van der Waals surface area (Å²) in [5, 5.41) is 12.3. The largest absolute Gasteiger partial charge is 0.395 e. The average Bonchev–Trinajstić information content (AvgIpc) is 2.40. The van der Waals surface area contributed by atoms with Crippen LogP contribution in [-0.4, -0.2) is 43.3 Å². The SMILES string of the molecule is CCCN(CCO)CCC(NC)c1cccc(F)c1. The first-order valence-electron chi connectivity index (χ1n) is 6.97. The Labute approximate surface area is 115 Å². The molecule has 1 aromatic rings. The summed E-state index contributed by atoms with van der Waals surface area (Å²) in [6.45, 7) is 4.90. The first kappa shape index (κ1) is 16.1. The number of rotatable bonds is 9. The zero-order valence-corrected chi connectivity index (χ0v) is 11.9. The third-order valence-corrected chi connectivity index (χ3v) is 3.29. The van der Waals surface area contributed by atoms with Crippen molar-refractivity contribution in [3.05, 3.63) is 35.6 Å². The Morgan fingerprint density at radius 1 is 1.32 bits per heavy atom. The number of hydrogen-bond donors (Lipinski definition) is 2. The number of halogens is 1. The van der Waals surface area contributed by atoms with Crippen LogP contribution >= 0.6 is 0 Å². The Kier molecular flexibility index (Phi) is 7.63. The molecule has 108 valence electrons. The summed E-state index contributed by atoms with van der Waals surface area (Å²) < 4.78 is 13.2. The molecule has 0 saturated heterocycles. The van der Waals surface area contributed by atoms with E-state index in [2.05, 4.69) is 17.1 Å². The second-order valence-corrected chi connectivity index (χ2v) is 4.75. The highest BCUT2D eigenvalue weighted by molar-refractivity contribution is 5.20. The molecule has 0 heterocycles. The van der Waals surface area contributed by atoms with Crippen molar-refractivity contribution in [2.75, 3.05) is 33.3 Å². The zero-order valence-electron chi connectivity index (χ0n) is 11.9. The summed E-state index contributed by atoms with van der Waals surface area (Å²) in [7, 11) is 1.89. The molecule has 1 rings (SSSR count). The van der Waals surface area contributed by atoms with E-state index in [1.54, 1.807) is 12.1 Å². The van der Waals surface area contributed by atoms with E-state index in [-0.39, 0.29) is 18.5 Å². The van der Waals surface area contributed by atoms with Crippen molar-refractivity contribution < 1.29 is 9.50 Å². The molecule has 2 N–H and O–H groups in total. The maximum absolute atomic E-state index is 13.2. The van der Waals surface area contributed by atoms with Gasteiger partial charge in [0.05, 0.1) is 6.61 Å². The lowest BCUT2D eigenvalue weighted by Crippen LogP contribution is -2.31. The molecule has 0 fully saturated rings. The number of aliphatic hydroxyl groups excluding tert-OH is 1. The molecule has 0 bridgehead atoms. The molecule has 1 unspecified atom stereocenters. The molecule has 0 aliphatic carbocycles. The van der Waals surface area contributed by atoms with E-state index in [1.165, 1.54) is 6.07 Å². The molecular formula is C15H25FN2O. The van der Waals surface area contributed by atoms with Gasteiger partial charge in [-0.05, 0) is 44.1 Å². The van der Waals surface area contributed by atoms with E-state index in [4.69, 9.17) is 5.11 Å². The molecule has 4 heteroatoms. The first-order chi connectivity index (χ1) is 9.21. The highest BCUT2D eigenvalue weighted by atomic mass is 19.1. The smallest absolute Gasteiger partial charge is 0.123 e. The topological polar surface area (TPSA) is 35.5 Å². The van der Waals surface area contributed by atoms with Crippen molar-refractivity contribution in [1.82, 2.24) is 10.2 Å². The Balaban J connectivity index is 2.56.